The van der Waals surface area contributed by atoms with Crippen molar-refractivity contribution >= 4 is 5.97 Å². The van der Waals surface area contributed by atoms with Gasteiger partial charge in [-0.2, -0.15) is 0 Å². The molecule has 0 radical (unpaired) electrons. The summed E-state index contributed by atoms with van der Waals surface area (Å²) in [6.45, 7) is 1.80. The summed E-state index contributed by atoms with van der Waals surface area (Å²) in [5.74, 6) is -0.297. The topological polar surface area (TPSA) is 46.5 Å². The first-order chi connectivity index (χ1) is 6.66. The molecule has 0 bridgehead atoms. The van der Waals surface area contributed by atoms with Crippen LogP contribution in [0.15, 0.2) is 12.2 Å². The second kappa shape index (κ2) is 8.75. The second-order valence-corrected chi connectivity index (χ2v) is 3.41. The number of carbonyl (C=O) groups excluding carboxylic acids is 1. The van der Waals surface area contributed by atoms with Crippen molar-refractivity contribution in [1.82, 2.24) is 0 Å². The van der Waals surface area contributed by atoms with Gasteiger partial charge in [-0.25, -0.2) is 4.79 Å². The van der Waals surface area contributed by atoms with Crippen LogP contribution < -0.4 is 0 Å². The monoisotopic (exact) mass is 200 g/mol. The molecule has 0 aliphatic carbocycles. The van der Waals surface area contributed by atoms with Gasteiger partial charge in [0.15, 0.2) is 0 Å². The Morgan fingerprint density at radius 2 is 2.14 bits per heavy atom. The maximum atomic E-state index is 10.6. The van der Waals surface area contributed by atoms with E-state index in [1.165, 1.54) is 13.2 Å². The third kappa shape index (κ3) is 9.26. The molecule has 1 atom stereocenters. The number of ether oxygens (including phenoxy) is 1. The van der Waals surface area contributed by atoms with Crippen molar-refractivity contribution in [3.63, 3.8) is 0 Å². The number of methoxy groups -OCH3 is 1. The van der Waals surface area contributed by atoms with Crippen LogP contribution in [0.3, 0.4) is 0 Å². The van der Waals surface area contributed by atoms with Crippen LogP contribution in [0.4, 0.5) is 0 Å². The van der Waals surface area contributed by atoms with Gasteiger partial charge >= 0.3 is 5.97 Å². The van der Waals surface area contributed by atoms with Gasteiger partial charge in [0.1, 0.15) is 0 Å². The molecule has 82 valence electrons. The number of hydrogen-bond donors (Lipinski definition) is 1. The van der Waals surface area contributed by atoms with Gasteiger partial charge in [0.25, 0.3) is 0 Å². The van der Waals surface area contributed by atoms with Gasteiger partial charge in [0, 0.05) is 6.08 Å². The van der Waals surface area contributed by atoms with E-state index >= 15 is 0 Å². The van der Waals surface area contributed by atoms with Crippen LogP contribution in [0, 0.1) is 0 Å². The zero-order valence-electron chi connectivity index (χ0n) is 9.03. The Kier molecular flexibility index (Phi) is 8.24. The van der Waals surface area contributed by atoms with Crippen molar-refractivity contribution in [3.8, 4) is 0 Å². The average Bonchev–Trinajstić information content (AvgIpc) is 2.15. The lowest BCUT2D eigenvalue weighted by molar-refractivity contribution is -0.134. The van der Waals surface area contributed by atoms with Crippen LogP contribution in [-0.4, -0.2) is 24.3 Å². The minimum atomic E-state index is -0.297. The quantitative estimate of drug-likeness (QED) is 0.388. The highest BCUT2D eigenvalue weighted by atomic mass is 16.5. The van der Waals surface area contributed by atoms with Crippen LogP contribution in [0.25, 0.3) is 0 Å². The fourth-order valence-corrected chi connectivity index (χ4v) is 1.13. The molecule has 0 fully saturated rings. The molecule has 0 aromatic carbocycles. The minimum Gasteiger partial charge on any atom is -0.466 e. The van der Waals surface area contributed by atoms with Gasteiger partial charge in [-0.3, -0.25) is 0 Å². The van der Waals surface area contributed by atoms with Crippen molar-refractivity contribution in [3.05, 3.63) is 12.2 Å². The number of unbranched alkanes of at least 4 members (excludes halogenated alkanes) is 3. The van der Waals surface area contributed by atoms with Crippen LogP contribution in [-0.2, 0) is 9.53 Å². The lowest BCUT2D eigenvalue weighted by atomic mass is 10.1. The van der Waals surface area contributed by atoms with Gasteiger partial charge in [-0.15, -0.1) is 0 Å². The van der Waals surface area contributed by atoms with E-state index in [0.29, 0.717) is 0 Å². The SMILES string of the molecule is COC(=O)/C=C/CCCCC[C@@H](C)O. The zero-order chi connectivity index (χ0) is 10.8. The van der Waals surface area contributed by atoms with Gasteiger partial charge < -0.3 is 9.84 Å². The number of hydrogen-bond acceptors (Lipinski definition) is 3. The van der Waals surface area contributed by atoms with Gasteiger partial charge in [-0.1, -0.05) is 18.9 Å². The Labute approximate surface area is 85.8 Å². The largest absolute Gasteiger partial charge is 0.466 e. The van der Waals surface area contributed by atoms with Crippen LogP contribution in [0.5, 0.6) is 0 Å². The Hall–Kier alpha value is -0.830. The maximum Gasteiger partial charge on any atom is 0.330 e. The van der Waals surface area contributed by atoms with E-state index in [2.05, 4.69) is 4.74 Å². The van der Waals surface area contributed by atoms with Crippen LogP contribution in [0.1, 0.15) is 39.0 Å². The van der Waals surface area contributed by atoms with Crippen LogP contribution >= 0.6 is 0 Å². The number of esters is 1. The Balaban J connectivity index is 3.21. The Morgan fingerprint density at radius 3 is 2.71 bits per heavy atom. The molecule has 3 nitrogen and oxygen atoms in total. The molecule has 3 heteroatoms. The highest BCUT2D eigenvalue weighted by Gasteiger charge is 1.94. The molecule has 0 rings (SSSR count). The summed E-state index contributed by atoms with van der Waals surface area (Å²) in [5, 5.41) is 8.98. The fraction of sp³-hybridized carbons (Fsp3) is 0.727. The first kappa shape index (κ1) is 13.2. The molecule has 0 heterocycles. The molecular weight excluding hydrogens is 180 g/mol. The minimum absolute atomic E-state index is 0.194. The number of aliphatic hydroxyl groups excluding tert-OH is 1. The summed E-state index contributed by atoms with van der Waals surface area (Å²) in [5.41, 5.74) is 0. The normalized spacial score (nSPS) is 13.1. The summed E-state index contributed by atoms with van der Waals surface area (Å²) in [6.07, 6.45) is 8.04. The summed E-state index contributed by atoms with van der Waals surface area (Å²) >= 11 is 0. The average molecular weight is 200 g/mol. The molecule has 0 aliphatic rings. The lowest BCUT2D eigenvalue weighted by Gasteiger charge is -2.01. The highest BCUT2D eigenvalue weighted by molar-refractivity contribution is 5.81. The van der Waals surface area contributed by atoms with Crippen molar-refractivity contribution in [2.45, 2.75) is 45.1 Å². The standard InChI is InChI=1S/C11H20O3/c1-10(12)8-6-4-3-5-7-9-11(13)14-2/h7,9-10,12H,3-6,8H2,1-2H3/b9-7+/t10-/m1/s1. The molecule has 0 amide bonds. The van der Waals surface area contributed by atoms with E-state index in [9.17, 15) is 4.79 Å². The smallest absolute Gasteiger partial charge is 0.330 e. The Morgan fingerprint density at radius 1 is 1.43 bits per heavy atom. The highest BCUT2D eigenvalue weighted by Crippen LogP contribution is 2.05. The molecule has 0 aromatic heterocycles. The van der Waals surface area contributed by atoms with Crippen molar-refractivity contribution in [2.24, 2.45) is 0 Å². The van der Waals surface area contributed by atoms with E-state index in [-0.39, 0.29) is 12.1 Å². The van der Waals surface area contributed by atoms with Gasteiger partial charge in [0.2, 0.25) is 0 Å². The number of aliphatic hydroxyl groups is 1. The van der Waals surface area contributed by atoms with Crippen molar-refractivity contribution in [1.29, 1.82) is 0 Å². The number of carbonyl (C=O) groups is 1. The summed E-state index contributed by atoms with van der Waals surface area (Å²) in [6, 6.07) is 0. The number of rotatable bonds is 7. The molecule has 0 aromatic rings. The Bertz CT molecular complexity index is 173. The summed E-state index contributed by atoms with van der Waals surface area (Å²) in [4.78, 5) is 10.6. The first-order valence-corrected chi connectivity index (χ1v) is 5.09. The van der Waals surface area contributed by atoms with E-state index in [4.69, 9.17) is 5.11 Å². The number of allylic oxidation sites excluding steroid dienone is 1. The van der Waals surface area contributed by atoms with Gasteiger partial charge in [0.05, 0.1) is 13.2 Å². The predicted molar refractivity (Wildman–Crippen MR) is 55.9 cm³/mol. The summed E-state index contributed by atoms with van der Waals surface area (Å²) < 4.78 is 4.45. The molecule has 14 heavy (non-hydrogen) atoms. The molecule has 0 unspecified atom stereocenters. The second-order valence-electron chi connectivity index (χ2n) is 3.41. The fourth-order valence-electron chi connectivity index (χ4n) is 1.13. The van der Waals surface area contributed by atoms with E-state index < -0.39 is 0 Å². The summed E-state index contributed by atoms with van der Waals surface area (Å²) in [7, 11) is 1.37. The van der Waals surface area contributed by atoms with Crippen molar-refractivity contribution in [2.75, 3.05) is 7.11 Å². The molecule has 0 saturated heterocycles. The third-order valence-corrected chi connectivity index (χ3v) is 1.95. The molecule has 1 N–H and O–H groups in total. The first-order valence-electron chi connectivity index (χ1n) is 5.09. The van der Waals surface area contributed by atoms with E-state index in [1.807, 2.05) is 6.08 Å². The molecule has 0 aliphatic heterocycles. The van der Waals surface area contributed by atoms with E-state index in [0.717, 1.165) is 32.1 Å². The zero-order valence-corrected chi connectivity index (χ0v) is 9.03. The molecular formula is C11H20O3. The predicted octanol–water partition coefficient (Wildman–Crippen LogP) is 2.05. The van der Waals surface area contributed by atoms with E-state index in [1.54, 1.807) is 6.92 Å². The van der Waals surface area contributed by atoms with Crippen LogP contribution in [0.2, 0.25) is 0 Å². The third-order valence-electron chi connectivity index (χ3n) is 1.95. The van der Waals surface area contributed by atoms with Gasteiger partial charge in [-0.05, 0) is 26.2 Å². The maximum absolute atomic E-state index is 10.6. The van der Waals surface area contributed by atoms with Crippen molar-refractivity contribution < 1.29 is 14.6 Å². The molecule has 0 saturated carbocycles. The molecule has 0 spiro atoms. The lowest BCUT2D eigenvalue weighted by Crippen LogP contribution is -1.98.